The molecule has 2 aliphatic rings. The van der Waals surface area contributed by atoms with Crippen LogP contribution in [-0.2, 0) is 6.54 Å². The van der Waals surface area contributed by atoms with E-state index in [-0.39, 0.29) is 0 Å². The smallest absolute Gasteiger partial charge is 0.118 e. The number of H-pyrrole nitrogens is 1. The van der Waals surface area contributed by atoms with Crippen molar-refractivity contribution < 1.29 is 4.74 Å². The van der Waals surface area contributed by atoms with E-state index in [0.717, 1.165) is 43.2 Å². The molecule has 6 nitrogen and oxygen atoms in total. The van der Waals surface area contributed by atoms with Gasteiger partial charge in [0.15, 0.2) is 0 Å². The molecule has 2 aromatic rings. The summed E-state index contributed by atoms with van der Waals surface area (Å²) in [6.45, 7) is 8.01. The van der Waals surface area contributed by atoms with Gasteiger partial charge in [-0.25, -0.2) is 0 Å². The molecular formula is C23H35N5O. The maximum Gasteiger partial charge on any atom is 0.118 e. The van der Waals surface area contributed by atoms with Gasteiger partial charge < -0.3 is 15.0 Å². The molecule has 1 aromatic heterocycles. The lowest BCUT2D eigenvalue weighted by Crippen LogP contribution is -2.48. The van der Waals surface area contributed by atoms with Crippen molar-refractivity contribution in [3.8, 4) is 17.0 Å². The van der Waals surface area contributed by atoms with E-state index < -0.39 is 0 Å². The third-order valence-electron chi connectivity index (χ3n) is 6.41. The van der Waals surface area contributed by atoms with Crippen molar-refractivity contribution in [2.24, 2.45) is 0 Å². The summed E-state index contributed by atoms with van der Waals surface area (Å²) in [5, 5.41) is 11.2. The number of likely N-dealkylation sites (tertiary alicyclic amines) is 1. The molecule has 1 aromatic carbocycles. The van der Waals surface area contributed by atoms with Crippen molar-refractivity contribution in [3.63, 3.8) is 0 Å². The minimum atomic E-state index is 0.604. The van der Waals surface area contributed by atoms with E-state index in [1.807, 2.05) is 18.3 Å². The summed E-state index contributed by atoms with van der Waals surface area (Å²) >= 11 is 0. The van der Waals surface area contributed by atoms with Crippen LogP contribution < -0.4 is 10.1 Å². The van der Waals surface area contributed by atoms with Crippen molar-refractivity contribution in [2.75, 3.05) is 46.4 Å². The SMILES string of the molecule is COc1ccc(-c2[nH]ncc2CN(CCN2CCCCC2)[C@H]2CCCNC2)cc1. The van der Waals surface area contributed by atoms with Crippen LogP contribution in [0.2, 0.25) is 0 Å². The van der Waals surface area contributed by atoms with Crippen LogP contribution in [-0.4, -0.2) is 72.4 Å². The summed E-state index contributed by atoms with van der Waals surface area (Å²) in [5.74, 6) is 0.881. The molecule has 2 N–H and O–H groups in total. The second kappa shape index (κ2) is 10.2. The van der Waals surface area contributed by atoms with E-state index in [0.29, 0.717) is 6.04 Å². The summed E-state index contributed by atoms with van der Waals surface area (Å²) in [7, 11) is 1.70. The summed E-state index contributed by atoms with van der Waals surface area (Å²) in [6, 6.07) is 8.84. The fourth-order valence-electron chi connectivity index (χ4n) is 4.65. The number of hydrogen-bond donors (Lipinski definition) is 2. The Bertz CT molecular complexity index is 732. The number of aromatic amines is 1. The molecular weight excluding hydrogens is 362 g/mol. The molecule has 2 fully saturated rings. The summed E-state index contributed by atoms with van der Waals surface area (Å²) in [6.07, 6.45) is 8.66. The Morgan fingerprint density at radius 2 is 1.97 bits per heavy atom. The van der Waals surface area contributed by atoms with E-state index in [9.17, 15) is 0 Å². The third kappa shape index (κ3) is 5.38. The standard InChI is InChI=1S/C23H35N5O/c1-29-22-9-7-19(8-10-22)23-20(16-25-26-23)18-28(21-6-5-11-24-17-21)15-14-27-12-3-2-4-13-27/h7-10,16,21,24H,2-6,11-15,17-18H2,1H3,(H,25,26)/t21-/m0/s1. The number of nitrogens with one attached hydrogen (secondary N) is 2. The topological polar surface area (TPSA) is 56.4 Å². The molecule has 0 amide bonds. The quantitative estimate of drug-likeness (QED) is 0.717. The molecule has 0 spiro atoms. The number of methoxy groups -OCH3 is 1. The maximum absolute atomic E-state index is 5.30. The van der Waals surface area contributed by atoms with Crippen molar-refractivity contribution in [1.29, 1.82) is 0 Å². The van der Waals surface area contributed by atoms with E-state index in [1.165, 1.54) is 57.3 Å². The monoisotopic (exact) mass is 397 g/mol. The highest BCUT2D eigenvalue weighted by atomic mass is 16.5. The predicted octanol–water partition coefficient (Wildman–Crippen LogP) is 3.13. The highest BCUT2D eigenvalue weighted by Crippen LogP contribution is 2.26. The van der Waals surface area contributed by atoms with Gasteiger partial charge in [-0.15, -0.1) is 0 Å². The molecule has 2 aliphatic heterocycles. The highest BCUT2D eigenvalue weighted by Gasteiger charge is 2.23. The van der Waals surface area contributed by atoms with Crippen LogP contribution in [0.4, 0.5) is 0 Å². The van der Waals surface area contributed by atoms with Crippen LogP contribution in [0.25, 0.3) is 11.3 Å². The zero-order chi connectivity index (χ0) is 19.9. The molecule has 4 rings (SSSR count). The zero-order valence-corrected chi connectivity index (χ0v) is 17.7. The molecule has 158 valence electrons. The van der Waals surface area contributed by atoms with Crippen LogP contribution in [0.15, 0.2) is 30.5 Å². The molecule has 3 heterocycles. The first-order valence-corrected chi connectivity index (χ1v) is 11.2. The predicted molar refractivity (Wildman–Crippen MR) is 117 cm³/mol. The fraction of sp³-hybridized carbons (Fsp3) is 0.609. The zero-order valence-electron chi connectivity index (χ0n) is 17.7. The van der Waals surface area contributed by atoms with E-state index in [2.05, 4.69) is 37.4 Å². The number of benzene rings is 1. The number of piperidine rings is 2. The van der Waals surface area contributed by atoms with Crippen molar-refractivity contribution >= 4 is 0 Å². The summed E-state index contributed by atoms with van der Waals surface area (Å²) in [4.78, 5) is 5.32. The minimum Gasteiger partial charge on any atom is -0.497 e. The number of aromatic nitrogens is 2. The summed E-state index contributed by atoms with van der Waals surface area (Å²) < 4.78 is 5.30. The molecule has 0 radical (unpaired) electrons. The Balaban J connectivity index is 1.47. The van der Waals surface area contributed by atoms with Gasteiger partial charge >= 0.3 is 0 Å². The number of nitrogens with zero attached hydrogens (tertiary/aromatic N) is 3. The van der Waals surface area contributed by atoms with Gasteiger partial charge in [0.1, 0.15) is 5.75 Å². The lowest BCUT2D eigenvalue weighted by Gasteiger charge is -2.36. The van der Waals surface area contributed by atoms with Crippen LogP contribution in [0.5, 0.6) is 5.75 Å². The van der Waals surface area contributed by atoms with Crippen LogP contribution in [0.1, 0.15) is 37.7 Å². The Morgan fingerprint density at radius 1 is 1.14 bits per heavy atom. The van der Waals surface area contributed by atoms with Gasteiger partial charge in [-0.2, -0.15) is 5.10 Å². The van der Waals surface area contributed by atoms with Gasteiger partial charge in [-0.3, -0.25) is 10.00 Å². The van der Waals surface area contributed by atoms with Gasteiger partial charge in [0.05, 0.1) is 19.0 Å². The lowest BCUT2D eigenvalue weighted by molar-refractivity contribution is 0.125. The largest absolute Gasteiger partial charge is 0.497 e. The maximum atomic E-state index is 5.30. The van der Waals surface area contributed by atoms with Crippen molar-refractivity contribution in [3.05, 3.63) is 36.0 Å². The van der Waals surface area contributed by atoms with Gasteiger partial charge in [0.2, 0.25) is 0 Å². The first-order chi connectivity index (χ1) is 14.3. The second-order valence-corrected chi connectivity index (χ2v) is 8.37. The second-order valence-electron chi connectivity index (χ2n) is 8.37. The minimum absolute atomic E-state index is 0.604. The normalized spacial score (nSPS) is 20.8. The Hall–Kier alpha value is -1.89. The van der Waals surface area contributed by atoms with Crippen molar-refractivity contribution in [1.82, 2.24) is 25.3 Å². The van der Waals surface area contributed by atoms with Gasteiger partial charge in [0, 0.05) is 43.3 Å². The van der Waals surface area contributed by atoms with Crippen LogP contribution in [0, 0.1) is 0 Å². The molecule has 0 unspecified atom stereocenters. The molecule has 1 atom stereocenters. The lowest BCUT2D eigenvalue weighted by atomic mass is 10.0. The van der Waals surface area contributed by atoms with Gasteiger partial charge in [-0.05, 0) is 69.6 Å². The Morgan fingerprint density at radius 3 is 2.69 bits per heavy atom. The number of hydrogen-bond acceptors (Lipinski definition) is 5. The number of rotatable bonds is 8. The molecule has 6 heteroatoms. The van der Waals surface area contributed by atoms with E-state index in [1.54, 1.807) is 7.11 Å². The fourth-order valence-corrected chi connectivity index (χ4v) is 4.65. The molecule has 2 saturated heterocycles. The molecule has 0 saturated carbocycles. The molecule has 0 aliphatic carbocycles. The van der Waals surface area contributed by atoms with E-state index >= 15 is 0 Å². The average molecular weight is 398 g/mol. The van der Waals surface area contributed by atoms with Crippen molar-refractivity contribution in [2.45, 2.75) is 44.7 Å². The average Bonchev–Trinajstić information content (AvgIpc) is 3.26. The Kier molecular flexibility index (Phi) is 7.19. The van der Waals surface area contributed by atoms with Crippen LogP contribution in [0.3, 0.4) is 0 Å². The third-order valence-corrected chi connectivity index (χ3v) is 6.41. The Labute approximate surface area is 174 Å². The van der Waals surface area contributed by atoms with Gasteiger partial charge in [-0.1, -0.05) is 6.42 Å². The van der Waals surface area contributed by atoms with E-state index in [4.69, 9.17) is 4.74 Å². The first kappa shape index (κ1) is 20.4. The molecule has 29 heavy (non-hydrogen) atoms. The van der Waals surface area contributed by atoms with Gasteiger partial charge in [0.25, 0.3) is 0 Å². The number of ether oxygens (including phenoxy) is 1. The molecule has 0 bridgehead atoms. The van der Waals surface area contributed by atoms with Crippen LogP contribution >= 0.6 is 0 Å². The summed E-state index contributed by atoms with van der Waals surface area (Å²) in [5.41, 5.74) is 3.56. The first-order valence-electron chi connectivity index (χ1n) is 11.2. The highest BCUT2D eigenvalue weighted by molar-refractivity contribution is 5.63.